The zero-order valence-corrected chi connectivity index (χ0v) is 25.6. The summed E-state index contributed by atoms with van der Waals surface area (Å²) < 4.78 is 91.7. The van der Waals surface area contributed by atoms with Gasteiger partial charge in [0.1, 0.15) is 0 Å². The number of hydrogen-bond acceptors (Lipinski definition) is 5. The fourth-order valence-electron chi connectivity index (χ4n) is 4.44. The molecule has 0 saturated heterocycles. The molecule has 5 aromatic heterocycles. The molecule has 2 aromatic carbocycles. The van der Waals surface area contributed by atoms with E-state index in [1.165, 1.54) is 35.7 Å². The molecule has 5 heterocycles. The summed E-state index contributed by atoms with van der Waals surface area (Å²) in [7, 11) is 0. The van der Waals surface area contributed by atoms with Crippen LogP contribution in [-0.2, 0) is 26.5 Å². The molecule has 0 atom stereocenters. The van der Waals surface area contributed by atoms with Crippen LogP contribution >= 0.6 is 11.3 Å². The van der Waals surface area contributed by atoms with Crippen LogP contribution in [0.1, 0.15) is 58.2 Å². The number of aromatic nitrogens is 3. The maximum Gasteiger partial charge on any atom is 0.217 e. The molecule has 6 heteroatoms. The summed E-state index contributed by atoms with van der Waals surface area (Å²) >= 11 is 1.48. The first-order chi connectivity index (χ1) is 23.6. The minimum atomic E-state index is -2.33. The summed E-state index contributed by atoms with van der Waals surface area (Å²) in [4.78, 5) is 12.8. The molecule has 0 aliphatic carbocycles. The molecule has 0 N–H and O–H groups in total. The smallest absolute Gasteiger partial charge is 0.217 e. The second kappa shape index (κ2) is 11.4. The van der Waals surface area contributed by atoms with Crippen molar-refractivity contribution < 1.29 is 39.6 Å². The number of benzene rings is 2. The van der Waals surface area contributed by atoms with E-state index in [4.69, 9.17) is 19.5 Å². The third kappa shape index (κ3) is 6.11. The molecule has 7 rings (SSSR count). The molecule has 1 radical (unpaired) electrons. The first-order valence-corrected chi connectivity index (χ1v) is 13.3. The first kappa shape index (κ1) is 18.2. The van der Waals surface area contributed by atoms with Crippen molar-refractivity contribution in [2.75, 3.05) is 0 Å². The monoisotopic (exact) mass is 745 g/mol. The fraction of sp³-hybridized carbons (Fsp3) is 0.229. The normalized spacial score (nSPS) is 16.8. The number of rotatable bonds is 3. The van der Waals surface area contributed by atoms with E-state index in [1.807, 2.05) is 26.8 Å². The summed E-state index contributed by atoms with van der Waals surface area (Å²) in [6.07, 6.45) is 1.33. The van der Waals surface area contributed by atoms with Gasteiger partial charge in [0.25, 0.3) is 0 Å². The average Bonchev–Trinajstić information content (AvgIpc) is 3.63. The van der Waals surface area contributed by atoms with Crippen LogP contribution in [0.15, 0.2) is 71.4 Å². The van der Waals surface area contributed by atoms with Gasteiger partial charge in [0, 0.05) is 63.4 Å². The van der Waals surface area contributed by atoms with Gasteiger partial charge in [0.2, 0.25) is 5.71 Å². The third-order valence-corrected chi connectivity index (χ3v) is 7.14. The molecule has 0 aliphatic rings. The van der Waals surface area contributed by atoms with Crippen molar-refractivity contribution in [3.8, 4) is 22.5 Å². The van der Waals surface area contributed by atoms with Gasteiger partial charge < -0.3 is 14.4 Å². The molecular weight excluding hydrogens is 703 g/mol. The second-order valence-electron chi connectivity index (χ2n) is 10.3. The molecule has 0 spiro atoms. The molecule has 0 bridgehead atoms. The van der Waals surface area contributed by atoms with Crippen molar-refractivity contribution in [1.82, 2.24) is 15.0 Å². The van der Waals surface area contributed by atoms with Crippen LogP contribution in [0.4, 0.5) is 0 Å². The Balaban J connectivity index is 0.000000217. The summed E-state index contributed by atoms with van der Waals surface area (Å²) in [5.41, 5.74) is 3.45. The molecule has 209 valence electrons. The standard InChI is InChI=1S/C22H19N2OS.C13H12N.Ir/c1-12-9-17-19-18-16(26-17)6-5-14(20(18)25-21(19)24-12)15-10-13(7-8-23-15)11-22(2,3)4;1-10-3-6-12(7-4-10)13-8-5-11(2)9-14-13;/h6-10H,11H2,1-4H3;3-6,8-9H,1-2H3;/q2*-1;/i1D3,11D2;1D3,2D3;. The Morgan fingerprint density at radius 1 is 0.902 bits per heavy atom. The predicted octanol–water partition coefficient (Wildman–Crippen LogP) is 9.56. The minimum Gasteiger partial charge on any atom is -0.486 e. The summed E-state index contributed by atoms with van der Waals surface area (Å²) in [5.74, 6) is 0. The number of nitrogens with zero attached hydrogens (tertiary/aromatic N) is 3. The third-order valence-electron chi connectivity index (χ3n) is 6.05. The van der Waals surface area contributed by atoms with E-state index in [9.17, 15) is 0 Å². The number of thiophene rings is 1. The summed E-state index contributed by atoms with van der Waals surface area (Å²) in [5, 5.41) is 1.68. The Kier molecular flexibility index (Phi) is 5.07. The predicted molar refractivity (Wildman–Crippen MR) is 166 cm³/mol. The van der Waals surface area contributed by atoms with Gasteiger partial charge in [0.05, 0.1) is 5.58 Å². The van der Waals surface area contributed by atoms with Crippen molar-refractivity contribution >= 4 is 42.8 Å². The van der Waals surface area contributed by atoms with Gasteiger partial charge in [0.15, 0.2) is 0 Å². The van der Waals surface area contributed by atoms with Crippen LogP contribution < -0.4 is 0 Å². The first-order valence-electron chi connectivity index (χ1n) is 18.0. The van der Waals surface area contributed by atoms with E-state index >= 15 is 0 Å². The van der Waals surface area contributed by atoms with Crippen LogP contribution in [0.25, 0.3) is 54.0 Å². The summed E-state index contributed by atoms with van der Waals surface area (Å²) in [6.45, 7) is -1.08. The molecule has 0 unspecified atom stereocenters. The average molecular weight is 745 g/mol. The van der Waals surface area contributed by atoms with E-state index in [1.54, 1.807) is 36.5 Å². The van der Waals surface area contributed by atoms with E-state index in [0.717, 1.165) is 20.2 Å². The Hall–Kier alpha value is -3.44. The van der Waals surface area contributed by atoms with Crippen LogP contribution in [-0.4, -0.2) is 15.0 Å². The van der Waals surface area contributed by atoms with Crippen molar-refractivity contribution in [1.29, 1.82) is 0 Å². The number of aryl methyl sites for hydroxylation is 3. The van der Waals surface area contributed by atoms with E-state index < -0.39 is 32.3 Å². The van der Waals surface area contributed by atoms with Gasteiger partial charge >= 0.3 is 0 Å². The number of pyridine rings is 3. The largest absolute Gasteiger partial charge is 0.486 e. The second-order valence-corrected chi connectivity index (χ2v) is 11.4. The van der Waals surface area contributed by atoms with Gasteiger partial charge in [-0.05, 0) is 64.7 Å². The maximum atomic E-state index is 8.59. The zero-order chi connectivity index (χ0) is 37.3. The number of hydrogen-bond donors (Lipinski definition) is 0. The number of furan rings is 1. The molecule has 4 nitrogen and oxygen atoms in total. The zero-order valence-electron chi connectivity index (χ0n) is 33.3. The van der Waals surface area contributed by atoms with E-state index in [2.05, 4.69) is 27.1 Å². The van der Waals surface area contributed by atoms with Crippen LogP contribution in [0.5, 0.6) is 0 Å². The van der Waals surface area contributed by atoms with Crippen LogP contribution in [0.2, 0.25) is 0 Å². The van der Waals surface area contributed by atoms with Gasteiger partial charge in [-0.25, -0.2) is 4.98 Å². The van der Waals surface area contributed by atoms with Crippen molar-refractivity contribution in [3.05, 3.63) is 102 Å². The topological polar surface area (TPSA) is 51.8 Å². The van der Waals surface area contributed by atoms with E-state index in [-0.39, 0.29) is 42.6 Å². The Bertz CT molecular complexity index is 2280. The van der Waals surface area contributed by atoms with Crippen molar-refractivity contribution in [2.45, 2.75) is 47.7 Å². The summed E-state index contributed by atoms with van der Waals surface area (Å²) in [6, 6.07) is 20.5. The Labute approximate surface area is 274 Å². The molecule has 0 saturated carbocycles. The van der Waals surface area contributed by atoms with Crippen LogP contribution in [0, 0.1) is 38.1 Å². The molecular formula is C35H31IrN3OS-2. The molecule has 0 aliphatic heterocycles. The van der Waals surface area contributed by atoms with Crippen LogP contribution in [0.3, 0.4) is 0 Å². The molecule has 0 amide bonds. The maximum absolute atomic E-state index is 8.59. The molecule has 41 heavy (non-hydrogen) atoms. The fourth-order valence-corrected chi connectivity index (χ4v) is 5.55. The molecule has 7 aromatic rings. The van der Waals surface area contributed by atoms with Crippen molar-refractivity contribution in [2.24, 2.45) is 5.41 Å². The van der Waals surface area contributed by atoms with E-state index in [0.29, 0.717) is 33.7 Å². The Morgan fingerprint density at radius 3 is 2.46 bits per heavy atom. The van der Waals surface area contributed by atoms with Crippen molar-refractivity contribution in [3.63, 3.8) is 0 Å². The van der Waals surface area contributed by atoms with Gasteiger partial charge in [-0.1, -0.05) is 56.9 Å². The SMILES string of the molecule is [2H]C([2H])([2H])c1c[c-]c(-c2ccc(C([2H])([2H])[2H])cn2)cc1.[2H]C([2H])([2H])c1cc2sc3c[c-]c(-c4cc(C([2H])([2H])C(C)(C)C)ccn4)c4oc(n1)c2c34.[Ir]. The quantitative estimate of drug-likeness (QED) is 0.169. The van der Waals surface area contributed by atoms with Gasteiger partial charge in [-0.15, -0.1) is 47.5 Å². The molecule has 0 fully saturated rings. The Morgan fingerprint density at radius 2 is 1.76 bits per heavy atom. The van der Waals surface area contributed by atoms with Gasteiger partial charge in [-0.3, -0.25) is 0 Å². The van der Waals surface area contributed by atoms with Gasteiger partial charge in [-0.2, -0.15) is 11.3 Å². The minimum absolute atomic E-state index is 0.